The van der Waals surface area contributed by atoms with Crippen molar-refractivity contribution in [1.29, 1.82) is 0 Å². The van der Waals surface area contributed by atoms with Crippen LogP contribution in [0.2, 0.25) is 0 Å². The van der Waals surface area contributed by atoms with Gasteiger partial charge in [-0.15, -0.1) is 0 Å². The molecule has 0 aromatic carbocycles. The molecule has 6 nitrogen and oxygen atoms in total. The van der Waals surface area contributed by atoms with E-state index < -0.39 is 24.0 Å². The van der Waals surface area contributed by atoms with E-state index in [2.05, 4.69) is 5.32 Å². The standard InChI is InChI=1S/C10H20N2O4S/c1-3-4-16-10(15)7(11)5-17-6-8(12-2)9(13)14/h7-8,12H,3-6,11H2,1-2H3,(H,13,14). The summed E-state index contributed by atoms with van der Waals surface area (Å²) in [4.78, 5) is 22.0. The van der Waals surface area contributed by atoms with Gasteiger partial charge in [0.05, 0.1) is 6.61 Å². The van der Waals surface area contributed by atoms with E-state index >= 15 is 0 Å². The van der Waals surface area contributed by atoms with Crippen molar-refractivity contribution in [2.45, 2.75) is 25.4 Å². The van der Waals surface area contributed by atoms with Crippen molar-refractivity contribution in [3.63, 3.8) is 0 Å². The van der Waals surface area contributed by atoms with Crippen LogP contribution in [-0.2, 0) is 14.3 Å². The summed E-state index contributed by atoms with van der Waals surface area (Å²) in [6, 6.07) is -1.32. The Hall–Kier alpha value is -0.790. The summed E-state index contributed by atoms with van der Waals surface area (Å²) in [5, 5.41) is 11.4. The van der Waals surface area contributed by atoms with Gasteiger partial charge in [0.2, 0.25) is 0 Å². The molecule has 100 valence electrons. The van der Waals surface area contributed by atoms with E-state index in [4.69, 9.17) is 15.6 Å². The third kappa shape index (κ3) is 7.19. The highest BCUT2D eigenvalue weighted by molar-refractivity contribution is 7.99. The first-order valence-electron chi connectivity index (χ1n) is 5.42. The lowest BCUT2D eigenvalue weighted by atomic mass is 10.3. The second-order valence-corrected chi connectivity index (χ2v) is 4.57. The molecule has 0 aliphatic heterocycles. The number of nitrogens with two attached hydrogens (primary N) is 1. The van der Waals surface area contributed by atoms with Crippen molar-refractivity contribution >= 4 is 23.7 Å². The van der Waals surface area contributed by atoms with Crippen LogP contribution in [0.25, 0.3) is 0 Å². The Bertz CT molecular complexity index is 250. The molecule has 7 heteroatoms. The second-order valence-electron chi connectivity index (χ2n) is 3.49. The largest absolute Gasteiger partial charge is 0.480 e. The maximum Gasteiger partial charge on any atom is 0.323 e. The van der Waals surface area contributed by atoms with E-state index in [0.29, 0.717) is 18.1 Å². The van der Waals surface area contributed by atoms with Crippen molar-refractivity contribution in [3.8, 4) is 0 Å². The van der Waals surface area contributed by atoms with Crippen LogP contribution >= 0.6 is 11.8 Å². The number of thioether (sulfide) groups is 1. The molecule has 0 aliphatic carbocycles. The first-order chi connectivity index (χ1) is 8.02. The van der Waals surface area contributed by atoms with E-state index in [-0.39, 0.29) is 0 Å². The Kier molecular flexibility index (Phi) is 8.83. The van der Waals surface area contributed by atoms with Gasteiger partial charge in [-0.1, -0.05) is 6.92 Å². The van der Waals surface area contributed by atoms with Crippen molar-refractivity contribution < 1.29 is 19.4 Å². The monoisotopic (exact) mass is 264 g/mol. The van der Waals surface area contributed by atoms with Gasteiger partial charge in [0.25, 0.3) is 0 Å². The first kappa shape index (κ1) is 16.2. The van der Waals surface area contributed by atoms with Crippen LogP contribution in [0.15, 0.2) is 0 Å². The van der Waals surface area contributed by atoms with E-state index in [9.17, 15) is 9.59 Å². The number of carboxylic acids is 1. The molecule has 0 saturated carbocycles. The van der Waals surface area contributed by atoms with E-state index in [0.717, 1.165) is 6.42 Å². The summed E-state index contributed by atoms with van der Waals surface area (Å²) in [6.07, 6.45) is 0.756. The number of esters is 1. The fourth-order valence-corrected chi connectivity index (χ4v) is 2.04. The molecule has 0 aliphatic rings. The molecule has 0 spiro atoms. The lowest BCUT2D eigenvalue weighted by Gasteiger charge is -2.13. The number of ether oxygens (including phenoxy) is 1. The quantitative estimate of drug-likeness (QED) is 0.490. The molecular formula is C10H20N2O4S. The topological polar surface area (TPSA) is 102 Å². The lowest BCUT2D eigenvalue weighted by Crippen LogP contribution is -2.38. The molecule has 0 aromatic heterocycles. The average Bonchev–Trinajstić information content (AvgIpc) is 2.30. The maximum absolute atomic E-state index is 11.3. The summed E-state index contributed by atoms with van der Waals surface area (Å²) in [6.45, 7) is 2.27. The minimum atomic E-state index is -0.915. The van der Waals surface area contributed by atoms with Gasteiger partial charge in [0.1, 0.15) is 12.1 Å². The highest BCUT2D eigenvalue weighted by atomic mass is 32.2. The second kappa shape index (κ2) is 9.26. The Morgan fingerprint density at radius 1 is 1.47 bits per heavy atom. The normalized spacial score (nSPS) is 14.1. The molecule has 0 rings (SSSR count). The van der Waals surface area contributed by atoms with Crippen LogP contribution in [0.3, 0.4) is 0 Å². The SMILES string of the molecule is CCCOC(=O)C(N)CSCC(NC)C(=O)O. The van der Waals surface area contributed by atoms with Crippen LogP contribution in [-0.4, -0.2) is 54.3 Å². The Balaban J connectivity index is 3.79. The van der Waals surface area contributed by atoms with Gasteiger partial charge in [-0.05, 0) is 13.5 Å². The smallest absolute Gasteiger partial charge is 0.323 e. The van der Waals surface area contributed by atoms with Gasteiger partial charge >= 0.3 is 11.9 Å². The predicted molar refractivity (Wildman–Crippen MR) is 67.0 cm³/mol. The van der Waals surface area contributed by atoms with Crippen LogP contribution in [0, 0.1) is 0 Å². The molecule has 4 N–H and O–H groups in total. The van der Waals surface area contributed by atoms with Gasteiger partial charge in [-0.2, -0.15) is 11.8 Å². The molecule has 17 heavy (non-hydrogen) atoms. The van der Waals surface area contributed by atoms with Gasteiger partial charge < -0.3 is 20.9 Å². The van der Waals surface area contributed by atoms with Gasteiger partial charge in [0, 0.05) is 11.5 Å². The fourth-order valence-electron chi connectivity index (χ4n) is 0.969. The van der Waals surface area contributed by atoms with Gasteiger partial charge in [-0.25, -0.2) is 0 Å². The van der Waals surface area contributed by atoms with E-state index in [1.165, 1.54) is 11.8 Å². The highest BCUT2D eigenvalue weighted by Gasteiger charge is 2.18. The molecule has 0 radical (unpaired) electrons. The number of carbonyl (C=O) groups is 2. The first-order valence-corrected chi connectivity index (χ1v) is 6.58. The summed E-state index contributed by atoms with van der Waals surface area (Å²) in [5.74, 6) is -0.632. The van der Waals surface area contributed by atoms with Gasteiger partial charge in [0.15, 0.2) is 0 Å². The third-order valence-corrected chi connectivity index (χ3v) is 3.14. The van der Waals surface area contributed by atoms with Crippen LogP contribution in [0.1, 0.15) is 13.3 Å². The third-order valence-electron chi connectivity index (χ3n) is 1.98. The molecule has 0 fully saturated rings. The molecule has 0 bridgehead atoms. The van der Waals surface area contributed by atoms with E-state index in [1.807, 2.05) is 6.92 Å². The summed E-state index contributed by atoms with van der Waals surface area (Å²) in [5.41, 5.74) is 5.60. The average molecular weight is 264 g/mol. The zero-order valence-corrected chi connectivity index (χ0v) is 11.0. The van der Waals surface area contributed by atoms with Crippen LogP contribution in [0.4, 0.5) is 0 Å². The van der Waals surface area contributed by atoms with Gasteiger partial charge in [-0.3, -0.25) is 9.59 Å². The molecule has 2 unspecified atom stereocenters. The number of rotatable bonds is 9. The van der Waals surface area contributed by atoms with Crippen LogP contribution in [0.5, 0.6) is 0 Å². The molecule has 0 saturated heterocycles. The summed E-state index contributed by atoms with van der Waals surface area (Å²) in [7, 11) is 1.58. The number of hydrogen-bond acceptors (Lipinski definition) is 6. The number of nitrogens with one attached hydrogen (secondary N) is 1. The molecule has 0 heterocycles. The van der Waals surface area contributed by atoms with E-state index in [1.54, 1.807) is 7.05 Å². The fraction of sp³-hybridized carbons (Fsp3) is 0.800. The number of hydrogen-bond donors (Lipinski definition) is 3. The van der Waals surface area contributed by atoms with Crippen molar-refractivity contribution in [3.05, 3.63) is 0 Å². The number of likely N-dealkylation sites (N-methyl/N-ethyl adjacent to an activating group) is 1. The molecular weight excluding hydrogens is 244 g/mol. The zero-order valence-electron chi connectivity index (χ0n) is 10.1. The molecule has 0 aromatic rings. The lowest BCUT2D eigenvalue weighted by molar-refractivity contribution is -0.144. The maximum atomic E-state index is 11.3. The van der Waals surface area contributed by atoms with Crippen molar-refractivity contribution in [2.75, 3.05) is 25.2 Å². The minimum Gasteiger partial charge on any atom is -0.480 e. The number of carboxylic acid groups (broad SMARTS) is 1. The Morgan fingerprint density at radius 2 is 2.12 bits per heavy atom. The minimum absolute atomic E-state index is 0.355. The predicted octanol–water partition coefficient (Wildman–Crippen LogP) is -0.327. The Labute approximate surface area is 105 Å². The van der Waals surface area contributed by atoms with Crippen molar-refractivity contribution in [2.24, 2.45) is 5.73 Å². The summed E-state index contributed by atoms with van der Waals surface area (Å²) < 4.78 is 4.88. The highest BCUT2D eigenvalue weighted by Crippen LogP contribution is 2.05. The number of aliphatic carboxylic acids is 1. The number of carbonyl (C=O) groups excluding carboxylic acids is 1. The summed E-state index contributed by atoms with van der Waals surface area (Å²) >= 11 is 1.31. The van der Waals surface area contributed by atoms with Crippen molar-refractivity contribution in [1.82, 2.24) is 5.32 Å². The Morgan fingerprint density at radius 3 is 2.59 bits per heavy atom. The van der Waals surface area contributed by atoms with Crippen LogP contribution < -0.4 is 11.1 Å². The molecule has 0 amide bonds. The zero-order chi connectivity index (χ0) is 13.3. The molecule has 2 atom stereocenters.